The van der Waals surface area contributed by atoms with Crippen LogP contribution >= 0.6 is 11.3 Å². The van der Waals surface area contributed by atoms with E-state index in [1.54, 1.807) is 6.20 Å². The molecule has 9 heteroatoms. The molecule has 2 heterocycles. The number of hydrogen-bond donors (Lipinski definition) is 2. The molecular weight excluding hydrogens is 655 g/mol. The molecule has 0 aliphatic carbocycles. The monoisotopic (exact) mass is 711 g/mol. The molecule has 2 aromatic carbocycles. The number of likely N-dealkylation sites (tertiary alicyclic amines) is 1. The first-order valence-electron chi connectivity index (χ1n) is 18.4. The molecule has 51 heavy (non-hydrogen) atoms. The molecule has 2 N–H and O–H groups in total. The number of carbonyl (C=O) groups excluding carboxylic acids is 2. The fourth-order valence-electron chi connectivity index (χ4n) is 6.05. The van der Waals surface area contributed by atoms with Gasteiger partial charge in [-0.15, -0.1) is 11.3 Å². The van der Waals surface area contributed by atoms with Gasteiger partial charge in [-0.3, -0.25) is 9.59 Å². The third kappa shape index (κ3) is 12.3. The highest BCUT2D eigenvalue weighted by Crippen LogP contribution is 2.29. The molecular formula is C42H57N5O3S. The molecule has 8 nitrogen and oxygen atoms in total. The van der Waals surface area contributed by atoms with Crippen LogP contribution in [-0.4, -0.2) is 68.1 Å². The number of nitrogens with one attached hydrogen (secondary N) is 2. The number of carbonyl (C=O) groups is 2. The van der Waals surface area contributed by atoms with Crippen molar-refractivity contribution in [1.82, 2.24) is 15.5 Å². The van der Waals surface area contributed by atoms with E-state index in [1.165, 1.54) is 37.0 Å². The summed E-state index contributed by atoms with van der Waals surface area (Å²) in [4.78, 5) is 39.8. The zero-order valence-electron chi connectivity index (χ0n) is 31.5. The number of likely N-dealkylation sites (N-methyl/N-ethyl adjacent to an activating group) is 1. The van der Waals surface area contributed by atoms with Gasteiger partial charge in [-0.1, -0.05) is 89.8 Å². The van der Waals surface area contributed by atoms with E-state index in [0.717, 1.165) is 65.3 Å². The van der Waals surface area contributed by atoms with Crippen LogP contribution in [0.5, 0.6) is 5.75 Å². The lowest BCUT2D eigenvalue weighted by molar-refractivity contribution is -0.123. The van der Waals surface area contributed by atoms with Crippen LogP contribution in [0.15, 0.2) is 76.8 Å². The van der Waals surface area contributed by atoms with Gasteiger partial charge in [0.25, 0.3) is 5.91 Å². The van der Waals surface area contributed by atoms with Gasteiger partial charge in [-0.25, -0.2) is 9.98 Å². The second-order valence-corrected chi connectivity index (χ2v) is 15.7. The predicted molar refractivity (Wildman–Crippen MR) is 214 cm³/mol. The topological polar surface area (TPSA) is 95.4 Å². The fourth-order valence-corrected chi connectivity index (χ4v) is 7.02. The second kappa shape index (κ2) is 19.5. The molecule has 0 bridgehead atoms. The number of unbranched alkanes of at least 4 members (excludes halogenated alkanes) is 4. The van der Waals surface area contributed by atoms with Gasteiger partial charge in [0.05, 0.1) is 11.5 Å². The normalized spacial score (nSPS) is 16.2. The number of aliphatic imine (C=N–C) groups is 2. The minimum Gasteiger partial charge on any atom is -0.494 e. The molecule has 3 aromatic rings. The zero-order valence-corrected chi connectivity index (χ0v) is 32.3. The van der Waals surface area contributed by atoms with Crippen molar-refractivity contribution in [2.75, 3.05) is 26.7 Å². The van der Waals surface area contributed by atoms with E-state index in [2.05, 4.69) is 67.0 Å². The molecule has 274 valence electrons. The van der Waals surface area contributed by atoms with Crippen LogP contribution in [-0.2, 0) is 16.6 Å². The van der Waals surface area contributed by atoms with Gasteiger partial charge in [-0.2, -0.15) is 0 Å². The average Bonchev–Trinajstić information content (AvgIpc) is 3.79. The van der Waals surface area contributed by atoms with Gasteiger partial charge >= 0.3 is 0 Å². The lowest BCUT2D eigenvalue weighted by atomic mass is 9.95. The highest BCUT2D eigenvalue weighted by Gasteiger charge is 2.27. The van der Waals surface area contributed by atoms with Crippen molar-refractivity contribution in [3.63, 3.8) is 0 Å². The molecule has 1 aliphatic rings. The summed E-state index contributed by atoms with van der Waals surface area (Å²) >= 11 is 1.47. The molecule has 1 saturated heterocycles. The Labute approximate surface area is 309 Å². The number of hydrogen-bond acceptors (Lipinski definition) is 6. The maximum atomic E-state index is 13.5. The minimum atomic E-state index is -0.728. The Kier molecular flexibility index (Phi) is 15.2. The van der Waals surface area contributed by atoms with Crippen LogP contribution in [0.1, 0.15) is 111 Å². The lowest BCUT2D eigenvalue weighted by Crippen LogP contribution is -2.50. The highest BCUT2D eigenvalue weighted by atomic mass is 32.1. The second-order valence-electron chi connectivity index (χ2n) is 14.6. The van der Waals surface area contributed by atoms with Crippen LogP contribution in [0, 0.1) is 0 Å². The molecule has 1 aliphatic heterocycles. The van der Waals surface area contributed by atoms with Crippen molar-refractivity contribution in [1.29, 1.82) is 0 Å². The van der Waals surface area contributed by atoms with E-state index in [-0.39, 0.29) is 17.2 Å². The van der Waals surface area contributed by atoms with Gasteiger partial charge < -0.3 is 20.3 Å². The quantitative estimate of drug-likeness (QED) is 0.0835. The van der Waals surface area contributed by atoms with Crippen LogP contribution < -0.4 is 15.4 Å². The van der Waals surface area contributed by atoms with Crippen molar-refractivity contribution in [3.8, 4) is 5.75 Å². The summed E-state index contributed by atoms with van der Waals surface area (Å²) in [6.45, 7) is 16.7. The molecule has 0 spiro atoms. The number of amidine groups is 1. The summed E-state index contributed by atoms with van der Waals surface area (Å²) < 4.78 is 5.91. The molecule has 2 atom stereocenters. The summed E-state index contributed by atoms with van der Waals surface area (Å²) in [7, 11) is 2.09. The molecule has 0 saturated carbocycles. The first-order chi connectivity index (χ1) is 24.5. The maximum Gasteiger partial charge on any atom is 0.262 e. The molecule has 0 radical (unpaired) electrons. The Bertz CT molecular complexity index is 1640. The number of amides is 2. The Hall–Kier alpha value is -4.08. The predicted octanol–water partition coefficient (Wildman–Crippen LogP) is 8.45. The Balaban J connectivity index is 1.41. The number of allylic oxidation sites excluding steroid dienone is 1. The van der Waals surface area contributed by atoms with Crippen molar-refractivity contribution >= 4 is 41.3 Å². The molecule has 1 fully saturated rings. The Morgan fingerprint density at radius 3 is 2.35 bits per heavy atom. The Morgan fingerprint density at radius 2 is 1.73 bits per heavy atom. The maximum absolute atomic E-state index is 13.5. The van der Waals surface area contributed by atoms with Gasteiger partial charge in [-0.05, 0) is 92.9 Å². The van der Waals surface area contributed by atoms with E-state index in [4.69, 9.17) is 4.74 Å². The average molecular weight is 712 g/mol. The molecule has 4 rings (SSSR count). The standard InChI is InChI=1S/C42H57N5O3S/c1-8-9-10-11-12-26-50-35-21-19-32(20-22-35)30(2)28-44-39(43-6)33-17-15-31(16-18-33)27-36(40(48)45-29-34-14-13-25-47(34)7)46-41(49)37-23-24-38(51-37)42(3,4)5/h15-24,28,34,36H,6,8-14,25-27,29H2,1-5,7H3,(H,45,48)(H,46,49)/b30-28+,44-39-/t34-,36+/m1/s1. The van der Waals surface area contributed by atoms with E-state index in [0.29, 0.717) is 29.7 Å². The molecule has 1 aromatic heterocycles. The summed E-state index contributed by atoms with van der Waals surface area (Å²) in [6.07, 6.45) is 10.4. The largest absolute Gasteiger partial charge is 0.494 e. The summed E-state index contributed by atoms with van der Waals surface area (Å²) in [5, 5.41) is 6.14. The molecule has 2 amide bonds. The number of nitrogens with zero attached hydrogens (tertiary/aromatic N) is 3. The van der Waals surface area contributed by atoms with Gasteiger partial charge in [0, 0.05) is 35.6 Å². The first kappa shape index (κ1) is 39.7. The van der Waals surface area contributed by atoms with Gasteiger partial charge in [0.15, 0.2) is 5.84 Å². The summed E-state index contributed by atoms with van der Waals surface area (Å²) in [5.41, 5.74) is 3.71. The highest BCUT2D eigenvalue weighted by molar-refractivity contribution is 7.14. The van der Waals surface area contributed by atoms with Gasteiger partial charge in [0.1, 0.15) is 11.8 Å². The lowest BCUT2D eigenvalue weighted by Gasteiger charge is -2.23. The summed E-state index contributed by atoms with van der Waals surface area (Å²) in [6, 6.07) is 19.3. The smallest absolute Gasteiger partial charge is 0.262 e. The number of benzene rings is 2. The van der Waals surface area contributed by atoms with E-state index >= 15 is 0 Å². The van der Waals surface area contributed by atoms with E-state index < -0.39 is 6.04 Å². The fraction of sp³-hybridized carbons (Fsp3) is 0.476. The van der Waals surface area contributed by atoms with Crippen molar-refractivity contribution < 1.29 is 14.3 Å². The third-order valence-corrected chi connectivity index (χ3v) is 10.9. The van der Waals surface area contributed by atoms with E-state index in [9.17, 15) is 9.59 Å². The first-order valence-corrected chi connectivity index (χ1v) is 19.2. The zero-order chi connectivity index (χ0) is 36.8. The third-order valence-electron chi connectivity index (χ3n) is 9.38. The number of rotatable bonds is 17. The van der Waals surface area contributed by atoms with Crippen molar-refractivity contribution in [2.45, 2.75) is 103 Å². The SMILES string of the molecule is C=N/C(=N\C=C(/C)c1ccc(OCCCCCCC)cc1)c1ccc(C[C@H](NC(=O)c2ccc(C(C)(C)C)s2)C(=O)NC[C@H]2CCCN2C)cc1. The van der Waals surface area contributed by atoms with Crippen molar-refractivity contribution in [2.24, 2.45) is 9.98 Å². The number of ether oxygens (including phenoxy) is 1. The number of thiophene rings is 1. The summed E-state index contributed by atoms with van der Waals surface area (Å²) in [5.74, 6) is 0.955. The van der Waals surface area contributed by atoms with Crippen LogP contribution in [0.4, 0.5) is 0 Å². The van der Waals surface area contributed by atoms with Crippen molar-refractivity contribution in [3.05, 3.63) is 93.3 Å². The minimum absolute atomic E-state index is 0.0559. The Morgan fingerprint density at radius 1 is 1.02 bits per heavy atom. The van der Waals surface area contributed by atoms with Crippen LogP contribution in [0.3, 0.4) is 0 Å². The molecule has 0 unspecified atom stereocenters. The van der Waals surface area contributed by atoms with Crippen LogP contribution in [0.25, 0.3) is 5.57 Å². The van der Waals surface area contributed by atoms with Crippen LogP contribution in [0.2, 0.25) is 0 Å². The van der Waals surface area contributed by atoms with E-state index in [1.807, 2.05) is 67.6 Å². The van der Waals surface area contributed by atoms with Gasteiger partial charge in [0.2, 0.25) is 5.91 Å².